The number of amides is 1. The summed E-state index contributed by atoms with van der Waals surface area (Å²) in [5, 5.41) is 13.8. The van der Waals surface area contributed by atoms with Crippen LogP contribution in [0.3, 0.4) is 0 Å². The van der Waals surface area contributed by atoms with Crippen LogP contribution in [0.5, 0.6) is 0 Å². The third kappa shape index (κ3) is 7.05. The summed E-state index contributed by atoms with van der Waals surface area (Å²) in [6.07, 6.45) is 11.8. The molecule has 0 aromatic heterocycles. The molecule has 9 heteroatoms. The predicted molar refractivity (Wildman–Crippen MR) is 137 cm³/mol. The van der Waals surface area contributed by atoms with Crippen LogP contribution in [-0.4, -0.2) is 74.5 Å². The number of nitrogens with one attached hydrogen (secondary N) is 4. The van der Waals surface area contributed by atoms with Gasteiger partial charge in [0.25, 0.3) is 0 Å². The van der Waals surface area contributed by atoms with Crippen molar-refractivity contribution in [1.82, 2.24) is 21.3 Å². The van der Waals surface area contributed by atoms with Crippen molar-refractivity contribution in [2.75, 3.05) is 32.7 Å². The van der Waals surface area contributed by atoms with E-state index in [1.54, 1.807) is 0 Å². The van der Waals surface area contributed by atoms with Gasteiger partial charge in [-0.05, 0) is 76.4 Å². The average Bonchev–Trinajstić information content (AvgIpc) is 2.83. The van der Waals surface area contributed by atoms with Crippen LogP contribution in [0, 0.1) is 11.3 Å². The first-order chi connectivity index (χ1) is 16.5. The summed E-state index contributed by atoms with van der Waals surface area (Å²) in [7, 11) is 0. The van der Waals surface area contributed by atoms with Crippen LogP contribution in [-0.2, 0) is 9.53 Å². The zero-order valence-corrected chi connectivity index (χ0v) is 21.5. The molecule has 0 aromatic rings. The Balaban J connectivity index is 1.44. The topological polar surface area (TPSA) is 126 Å². The summed E-state index contributed by atoms with van der Waals surface area (Å²) < 4.78 is 6.48. The molecule has 3 saturated heterocycles. The normalized spacial score (nSPS) is 34.4. The molecule has 196 valence electrons. The van der Waals surface area contributed by atoms with Gasteiger partial charge in [0.2, 0.25) is 5.91 Å². The fraction of sp³-hybridized carbons (Fsp3) is 0.960. The highest BCUT2D eigenvalue weighted by Crippen LogP contribution is 2.46. The van der Waals surface area contributed by atoms with Crippen molar-refractivity contribution in [3.8, 4) is 0 Å². The van der Waals surface area contributed by atoms with E-state index in [2.05, 4.69) is 21.3 Å². The number of carbonyl (C=O) groups is 1. The molecule has 5 unspecified atom stereocenters. The zero-order chi connectivity index (χ0) is 24.0. The molecule has 3 heterocycles. The van der Waals surface area contributed by atoms with Crippen molar-refractivity contribution in [2.45, 2.75) is 106 Å². The van der Waals surface area contributed by atoms with Gasteiger partial charge in [-0.25, -0.2) is 0 Å². The van der Waals surface area contributed by atoms with E-state index in [0.717, 1.165) is 58.2 Å². The molecule has 1 spiro atoms. The molecule has 5 atom stereocenters. The minimum Gasteiger partial charge on any atom is -0.373 e. The maximum atomic E-state index is 13.7. The van der Waals surface area contributed by atoms with Gasteiger partial charge in [-0.15, -0.1) is 11.6 Å². The van der Waals surface area contributed by atoms with Crippen molar-refractivity contribution in [1.29, 1.82) is 0 Å². The zero-order valence-electron chi connectivity index (χ0n) is 20.7. The number of alkyl halides is 1. The number of hydrogen-bond donors (Lipinski definition) is 6. The highest BCUT2D eigenvalue weighted by molar-refractivity contribution is 6.20. The first-order valence-corrected chi connectivity index (χ1v) is 14.2. The van der Waals surface area contributed by atoms with Crippen LogP contribution >= 0.6 is 11.6 Å². The Morgan fingerprint density at radius 2 is 1.71 bits per heavy atom. The highest BCUT2D eigenvalue weighted by Gasteiger charge is 2.42. The Labute approximate surface area is 210 Å². The van der Waals surface area contributed by atoms with Crippen LogP contribution in [0.2, 0.25) is 0 Å². The van der Waals surface area contributed by atoms with Gasteiger partial charge in [-0.3, -0.25) is 4.79 Å². The second-order valence-electron chi connectivity index (χ2n) is 11.3. The van der Waals surface area contributed by atoms with E-state index in [0.29, 0.717) is 13.1 Å². The Hall–Kier alpha value is -0.480. The molecule has 34 heavy (non-hydrogen) atoms. The van der Waals surface area contributed by atoms with E-state index < -0.39 is 12.1 Å². The number of hydrogen-bond acceptors (Lipinski definition) is 7. The van der Waals surface area contributed by atoms with E-state index >= 15 is 0 Å². The largest absolute Gasteiger partial charge is 0.373 e. The first kappa shape index (κ1) is 26.6. The number of nitrogens with two attached hydrogens (primary N) is 2. The lowest BCUT2D eigenvalue weighted by Crippen LogP contribution is -2.62. The summed E-state index contributed by atoms with van der Waals surface area (Å²) in [5.41, 5.74) is 12.8. The van der Waals surface area contributed by atoms with Crippen molar-refractivity contribution in [3.05, 3.63) is 0 Å². The molecular formula is C25H47ClN6O2. The van der Waals surface area contributed by atoms with Gasteiger partial charge in [-0.1, -0.05) is 19.3 Å². The molecule has 1 amide bonds. The van der Waals surface area contributed by atoms with E-state index in [9.17, 15) is 4.79 Å². The van der Waals surface area contributed by atoms with Crippen molar-refractivity contribution < 1.29 is 9.53 Å². The van der Waals surface area contributed by atoms with E-state index in [4.69, 9.17) is 27.8 Å². The molecule has 8 N–H and O–H groups in total. The lowest BCUT2D eigenvalue weighted by Gasteiger charge is -2.45. The third-order valence-corrected chi connectivity index (χ3v) is 9.08. The molecule has 0 radical (unpaired) electrons. The summed E-state index contributed by atoms with van der Waals surface area (Å²) >= 11 is 6.64. The monoisotopic (exact) mass is 498 g/mol. The maximum absolute atomic E-state index is 13.7. The highest BCUT2D eigenvalue weighted by atomic mass is 35.5. The van der Waals surface area contributed by atoms with Gasteiger partial charge >= 0.3 is 0 Å². The quantitative estimate of drug-likeness (QED) is 0.239. The molecule has 8 nitrogen and oxygen atoms in total. The minimum absolute atomic E-state index is 0.0187. The van der Waals surface area contributed by atoms with Crippen molar-refractivity contribution >= 4 is 17.5 Å². The SMILES string of the molecule is NC(N)C(C(=O)NC1CNCCC1OC1CCNCC1)C1CC2(CCCCC2)CCC(Cl)CN1. The molecule has 0 aromatic carbocycles. The van der Waals surface area contributed by atoms with Gasteiger partial charge in [-0.2, -0.15) is 0 Å². The molecular weight excluding hydrogens is 452 g/mol. The number of carbonyl (C=O) groups excluding carboxylic acids is 1. The maximum Gasteiger partial charge on any atom is 0.227 e. The minimum atomic E-state index is -0.730. The number of piperidine rings is 2. The predicted octanol–water partition coefficient (Wildman–Crippen LogP) is 1.16. The Kier molecular flexibility index (Phi) is 9.90. The van der Waals surface area contributed by atoms with Crippen molar-refractivity contribution in [3.63, 3.8) is 0 Å². The second kappa shape index (κ2) is 12.7. The summed E-state index contributed by atoms with van der Waals surface area (Å²) in [4.78, 5) is 13.7. The fourth-order valence-corrected chi connectivity index (χ4v) is 6.92. The van der Waals surface area contributed by atoms with E-state index in [1.165, 1.54) is 32.1 Å². The fourth-order valence-electron chi connectivity index (χ4n) is 6.72. The van der Waals surface area contributed by atoms with Gasteiger partial charge < -0.3 is 37.5 Å². The van der Waals surface area contributed by atoms with Crippen molar-refractivity contribution in [2.24, 2.45) is 22.8 Å². The van der Waals surface area contributed by atoms with Gasteiger partial charge in [0, 0.05) is 24.5 Å². The molecule has 3 aliphatic heterocycles. The van der Waals surface area contributed by atoms with Crippen LogP contribution in [0.4, 0.5) is 0 Å². The van der Waals surface area contributed by atoms with Gasteiger partial charge in [0.15, 0.2) is 0 Å². The summed E-state index contributed by atoms with van der Waals surface area (Å²) in [5.74, 6) is -0.556. The van der Waals surface area contributed by atoms with Gasteiger partial charge in [0.1, 0.15) is 0 Å². The lowest BCUT2D eigenvalue weighted by molar-refractivity contribution is -0.130. The Morgan fingerprint density at radius 1 is 0.971 bits per heavy atom. The Bertz CT molecular complexity index is 641. The molecule has 4 fully saturated rings. The number of ether oxygens (including phenoxy) is 1. The first-order valence-electron chi connectivity index (χ1n) is 13.7. The molecule has 0 bridgehead atoms. The van der Waals surface area contributed by atoms with Gasteiger partial charge in [0.05, 0.1) is 30.3 Å². The molecule has 4 rings (SSSR count). The van der Waals surface area contributed by atoms with Crippen LogP contribution in [0.1, 0.15) is 70.6 Å². The standard InChI is InChI=1S/C25H47ClN6O2/c26-17-4-10-25(8-2-1-3-9-25)14-19(31-15-17)22(23(27)28)24(33)32-20-16-30-13-7-21(20)34-18-5-11-29-12-6-18/h17-23,29-31H,1-16,27-28H2,(H,32,33). The molecule has 1 aliphatic carbocycles. The van der Waals surface area contributed by atoms with E-state index in [-0.39, 0.29) is 41.0 Å². The number of halogens is 1. The second-order valence-corrected chi connectivity index (χ2v) is 11.9. The third-order valence-electron chi connectivity index (χ3n) is 8.71. The van der Waals surface area contributed by atoms with Crippen LogP contribution in [0.25, 0.3) is 0 Å². The smallest absolute Gasteiger partial charge is 0.227 e. The summed E-state index contributed by atoms with van der Waals surface area (Å²) in [6.45, 7) is 4.29. The summed E-state index contributed by atoms with van der Waals surface area (Å²) in [6, 6.07) is -0.143. The Morgan fingerprint density at radius 3 is 2.44 bits per heavy atom. The average molecular weight is 499 g/mol. The molecule has 4 aliphatic rings. The van der Waals surface area contributed by atoms with E-state index in [1.807, 2.05) is 0 Å². The van der Waals surface area contributed by atoms with Crippen LogP contribution < -0.4 is 32.7 Å². The lowest BCUT2D eigenvalue weighted by atomic mass is 9.65. The van der Waals surface area contributed by atoms with Crippen LogP contribution in [0.15, 0.2) is 0 Å². The number of rotatable bonds is 6. The molecule has 1 saturated carbocycles.